The summed E-state index contributed by atoms with van der Waals surface area (Å²) in [6.07, 6.45) is 4.86. The fourth-order valence-corrected chi connectivity index (χ4v) is 1.71. The van der Waals surface area contributed by atoms with Crippen LogP contribution in [0.4, 0.5) is 0 Å². The Morgan fingerprint density at radius 1 is 1.67 bits per heavy atom. The molecule has 1 aliphatic rings. The van der Waals surface area contributed by atoms with Gasteiger partial charge < -0.3 is 4.74 Å². The molecule has 68 valence electrons. The number of aliphatic imine (C=N–C) groups is 1. The molecule has 3 heteroatoms. The van der Waals surface area contributed by atoms with Crippen molar-refractivity contribution in [1.82, 2.24) is 0 Å². The summed E-state index contributed by atoms with van der Waals surface area (Å²) in [5.41, 5.74) is 0. The number of nitrogens with zero attached hydrogens (tertiary/aromatic N) is 1. The summed E-state index contributed by atoms with van der Waals surface area (Å²) in [7, 11) is 0. The normalized spacial score (nSPS) is 25.9. The SMILES string of the molecule is CCC(N=C=S)[C@H]1CCCCO1. The molecule has 1 saturated heterocycles. The van der Waals surface area contributed by atoms with Crippen LogP contribution in [0.1, 0.15) is 32.6 Å². The summed E-state index contributed by atoms with van der Waals surface area (Å²) in [5, 5.41) is 2.44. The summed E-state index contributed by atoms with van der Waals surface area (Å²) in [5.74, 6) is 0. The van der Waals surface area contributed by atoms with Crippen molar-refractivity contribution in [2.75, 3.05) is 6.61 Å². The third kappa shape index (κ3) is 2.67. The van der Waals surface area contributed by atoms with Gasteiger partial charge in [0.25, 0.3) is 0 Å². The fourth-order valence-electron chi connectivity index (χ4n) is 1.57. The van der Waals surface area contributed by atoms with Gasteiger partial charge in [-0.2, -0.15) is 0 Å². The van der Waals surface area contributed by atoms with Crippen LogP contribution < -0.4 is 0 Å². The highest BCUT2D eigenvalue weighted by molar-refractivity contribution is 7.78. The van der Waals surface area contributed by atoms with Gasteiger partial charge in [-0.25, -0.2) is 4.99 Å². The van der Waals surface area contributed by atoms with Crippen LogP contribution >= 0.6 is 12.2 Å². The van der Waals surface area contributed by atoms with E-state index in [2.05, 4.69) is 29.3 Å². The van der Waals surface area contributed by atoms with Gasteiger partial charge in [0.15, 0.2) is 0 Å². The van der Waals surface area contributed by atoms with Crippen LogP contribution in [0.3, 0.4) is 0 Å². The molecule has 0 radical (unpaired) electrons. The first-order valence-corrected chi connectivity index (χ1v) is 4.98. The van der Waals surface area contributed by atoms with Crippen LogP contribution in [0.2, 0.25) is 0 Å². The van der Waals surface area contributed by atoms with E-state index < -0.39 is 0 Å². The van der Waals surface area contributed by atoms with Crippen molar-refractivity contribution in [2.45, 2.75) is 44.8 Å². The predicted octanol–water partition coefficient (Wildman–Crippen LogP) is 2.44. The zero-order chi connectivity index (χ0) is 8.81. The van der Waals surface area contributed by atoms with Gasteiger partial charge in [-0.3, -0.25) is 0 Å². The lowest BCUT2D eigenvalue weighted by atomic mass is 10.0. The molecule has 0 aromatic heterocycles. The van der Waals surface area contributed by atoms with Gasteiger partial charge in [-0.05, 0) is 37.9 Å². The Hall–Kier alpha value is -0.240. The van der Waals surface area contributed by atoms with Crippen LogP contribution in [0.25, 0.3) is 0 Å². The van der Waals surface area contributed by atoms with Crippen molar-refractivity contribution in [3.8, 4) is 0 Å². The van der Waals surface area contributed by atoms with E-state index in [1.165, 1.54) is 12.8 Å². The lowest BCUT2D eigenvalue weighted by molar-refractivity contribution is 0.000608. The van der Waals surface area contributed by atoms with E-state index >= 15 is 0 Å². The first-order valence-electron chi connectivity index (χ1n) is 4.57. The highest BCUT2D eigenvalue weighted by Crippen LogP contribution is 2.19. The molecule has 1 unspecified atom stereocenters. The molecule has 1 rings (SSSR count). The van der Waals surface area contributed by atoms with E-state index in [4.69, 9.17) is 4.74 Å². The third-order valence-corrected chi connectivity index (χ3v) is 2.39. The molecule has 1 heterocycles. The standard InChI is InChI=1S/C9H15NOS/c1-2-8(10-7-12)9-5-3-4-6-11-9/h8-9H,2-6H2,1H3/t8?,9-/m1/s1. The summed E-state index contributed by atoms with van der Waals surface area (Å²) < 4.78 is 5.60. The maximum absolute atomic E-state index is 5.60. The lowest BCUT2D eigenvalue weighted by Crippen LogP contribution is -2.30. The predicted molar refractivity (Wildman–Crippen MR) is 52.7 cm³/mol. The Labute approximate surface area is 79.0 Å². The topological polar surface area (TPSA) is 21.6 Å². The largest absolute Gasteiger partial charge is 0.376 e. The van der Waals surface area contributed by atoms with Crippen molar-refractivity contribution >= 4 is 17.4 Å². The maximum Gasteiger partial charge on any atom is 0.0861 e. The molecule has 0 amide bonds. The third-order valence-electron chi connectivity index (χ3n) is 2.28. The van der Waals surface area contributed by atoms with Gasteiger partial charge in [0.2, 0.25) is 0 Å². The zero-order valence-corrected chi connectivity index (χ0v) is 8.27. The minimum Gasteiger partial charge on any atom is -0.376 e. The molecule has 0 aromatic rings. The summed E-state index contributed by atoms with van der Waals surface area (Å²) in [6, 6.07) is 0.239. The summed E-state index contributed by atoms with van der Waals surface area (Å²) in [4.78, 5) is 4.11. The average Bonchev–Trinajstić information content (AvgIpc) is 2.15. The molecule has 0 spiro atoms. The fraction of sp³-hybridized carbons (Fsp3) is 0.889. The van der Waals surface area contributed by atoms with E-state index in [0.717, 1.165) is 19.4 Å². The molecule has 0 N–H and O–H groups in total. The monoisotopic (exact) mass is 185 g/mol. The van der Waals surface area contributed by atoms with Gasteiger partial charge in [0.05, 0.1) is 17.3 Å². The highest BCUT2D eigenvalue weighted by atomic mass is 32.1. The average molecular weight is 185 g/mol. The van der Waals surface area contributed by atoms with Gasteiger partial charge in [-0.1, -0.05) is 6.92 Å². The van der Waals surface area contributed by atoms with Crippen LogP contribution in [0, 0.1) is 0 Å². The molecular formula is C9H15NOS. The molecule has 1 aliphatic heterocycles. The Balaban J connectivity index is 2.45. The van der Waals surface area contributed by atoms with E-state index in [1.807, 2.05) is 0 Å². The molecule has 12 heavy (non-hydrogen) atoms. The van der Waals surface area contributed by atoms with Gasteiger partial charge >= 0.3 is 0 Å². The second-order valence-electron chi connectivity index (χ2n) is 3.10. The van der Waals surface area contributed by atoms with E-state index in [9.17, 15) is 0 Å². The van der Waals surface area contributed by atoms with E-state index in [-0.39, 0.29) is 6.04 Å². The minimum atomic E-state index is 0.239. The van der Waals surface area contributed by atoms with Gasteiger partial charge in [0.1, 0.15) is 0 Å². The van der Waals surface area contributed by atoms with Gasteiger partial charge in [0, 0.05) is 6.61 Å². The second kappa shape index (κ2) is 5.41. The van der Waals surface area contributed by atoms with Crippen molar-refractivity contribution in [3.63, 3.8) is 0 Å². The molecular weight excluding hydrogens is 170 g/mol. The van der Waals surface area contributed by atoms with Crippen molar-refractivity contribution in [1.29, 1.82) is 0 Å². The first kappa shape index (κ1) is 9.85. The number of isothiocyanates is 1. The Kier molecular flexibility index (Phi) is 4.44. The number of hydrogen-bond acceptors (Lipinski definition) is 3. The Bertz CT molecular complexity index is 171. The molecule has 0 bridgehead atoms. The Morgan fingerprint density at radius 2 is 2.50 bits per heavy atom. The second-order valence-corrected chi connectivity index (χ2v) is 3.28. The molecule has 1 fully saturated rings. The van der Waals surface area contributed by atoms with Crippen LogP contribution in [-0.2, 0) is 4.74 Å². The van der Waals surface area contributed by atoms with Crippen molar-refractivity contribution < 1.29 is 4.74 Å². The van der Waals surface area contributed by atoms with Crippen LogP contribution in [0.5, 0.6) is 0 Å². The van der Waals surface area contributed by atoms with E-state index in [1.54, 1.807) is 0 Å². The van der Waals surface area contributed by atoms with Crippen molar-refractivity contribution in [3.05, 3.63) is 0 Å². The summed E-state index contributed by atoms with van der Waals surface area (Å²) >= 11 is 4.59. The molecule has 0 aromatic carbocycles. The van der Waals surface area contributed by atoms with Gasteiger partial charge in [-0.15, -0.1) is 0 Å². The number of ether oxygens (including phenoxy) is 1. The van der Waals surface area contributed by atoms with E-state index in [0.29, 0.717) is 6.10 Å². The van der Waals surface area contributed by atoms with Crippen molar-refractivity contribution in [2.24, 2.45) is 4.99 Å². The number of rotatable bonds is 3. The molecule has 2 atom stereocenters. The highest BCUT2D eigenvalue weighted by Gasteiger charge is 2.21. The molecule has 2 nitrogen and oxygen atoms in total. The minimum absolute atomic E-state index is 0.239. The van der Waals surface area contributed by atoms with Crippen LogP contribution in [-0.4, -0.2) is 23.9 Å². The van der Waals surface area contributed by atoms with Crippen LogP contribution in [0.15, 0.2) is 4.99 Å². The molecule has 0 saturated carbocycles. The number of thiocarbonyl (C=S) groups is 1. The summed E-state index contributed by atoms with van der Waals surface area (Å²) in [6.45, 7) is 2.99. The Morgan fingerprint density at radius 3 is 3.00 bits per heavy atom. The quantitative estimate of drug-likeness (QED) is 0.497. The first-order chi connectivity index (χ1) is 5.88. The number of hydrogen-bond donors (Lipinski definition) is 0. The zero-order valence-electron chi connectivity index (χ0n) is 7.45. The lowest BCUT2D eigenvalue weighted by Gasteiger charge is -2.26. The molecule has 0 aliphatic carbocycles. The maximum atomic E-state index is 5.60. The smallest absolute Gasteiger partial charge is 0.0861 e.